The zero-order valence-electron chi connectivity index (χ0n) is 6.98. The summed E-state index contributed by atoms with van der Waals surface area (Å²) in [5.41, 5.74) is 0. The minimum Gasteiger partial charge on any atom is -0.465 e. The first-order valence-corrected chi connectivity index (χ1v) is 4.38. The van der Waals surface area contributed by atoms with Crippen molar-refractivity contribution in [1.29, 1.82) is 0 Å². The van der Waals surface area contributed by atoms with E-state index in [2.05, 4.69) is 5.16 Å². The van der Waals surface area contributed by atoms with Crippen LogP contribution in [0.2, 0.25) is 0 Å². The van der Waals surface area contributed by atoms with Crippen LogP contribution in [0.15, 0.2) is 5.16 Å². The molecule has 1 amide bonds. The Balaban J connectivity index is 2.43. The normalized spacial score (nSPS) is 20.4. The van der Waals surface area contributed by atoms with Crippen molar-refractivity contribution in [2.24, 2.45) is 11.1 Å². The molecule has 1 heterocycles. The van der Waals surface area contributed by atoms with Gasteiger partial charge in [0.1, 0.15) is 5.17 Å². The number of rotatable bonds is 1. The van der Waals surface area contributed by atoms with Crippen LogP contribution in [0.1, 0.15) is 12.8 Å². The molecule has 0 unspecified atom stereocenters. The summed E-state index contributed by atoms with van der Waals surface area (Å²) < 4.78 is 0. The Kier molecular flexibility index (Phi) is 3.36. The van der Waals surface area contributed by atoms with Gasteiger partial charge in [-0.25, -0.2) is 4.79 Å². The molecule has 1 fully saturated rings. The van der Waals surface area contributed by atoms with Gasteiger partial charge >= 0.3 is 6.09 Å². The summed E-state index contributed by atoms with van der Waals surface area (Å²) in [5, 5.41) is 20.1. The highest BCUT2D eigenvalue weighted by Crippen LogP contribution is 2.20. The van der Waals surface area contributed by atoms with E-state index in [-0.39, 0.29) is 11.1 Å². The van der Waals surface area contributed by atoms with E-state index in [4.69, 9.17) is 21.9 Å². The molecule has 0 aliphatic carbocycles. The summed E-state index contributed by atoms with van der Waals surface area (Å²) in [6.07, 6.45) is 0.334. The van der Waals surface area contributed by atoms with Gasteiger partial charge in [0, 0.05) is 19.0 Å². The molecule has 0 atom stereocenters. The number of hydrogen-bond donors (Lipinski definition) is 2. The maximum atomic E-state index is 10.5. The van der Waals surface area contributed by atoms with Crippen LogP contribution in [0.4, 0.5) is 4.79 Å². The van der Waals surface area contributed by atoms with E-state index >= 15 is 0 Å². The van der Waals surface area contributed by atoms with Crippen molar-refractivity contribution in [2.45, 2.75) is 12.8 Å². The van der Waals surface area contributed by atoms with Gasteiger partial charge in [0.05, 0.1) is 0 Å². The number of amides is 1. The molecule has 13 heavy (non-hydrogen) atoms. The second-order valence-corrected chi connectivity index (χ2v) is 3.35. The molecule has 0 aromatic rings. The molecule has 0 saturated carbocycles. The molecule has 0 aromatic carbocycles. The lowest BCUT2D eigenvalue weighted by Gasteiger charge is -2.28. The fraction of sp³-hybridized carbons (Fsp3) is 0.714. The van der Waals surface area contributed by atoms with Gasteiger partial charge in [-0.3, -0.25) is 0 Å². The molecular weight excluding hydrogens is 196 g/mol. The van der Waals surface area contributed by atoms with Crippen LogP contribution in [-0.4, -0.2) is 39.6 Å². The van der Waals surface area contributed by atoms with Crippen molar-refractivity contribution in [3.05, 3.63) is 0 Å². The smallest absolute Gasteiger partial charge is 0.407 e. The number of carboxylic acid groups (broad SMARTS) is 1. The predicted octanol–water partition coefficient (Wildman–Crippen LogP) is 1.40. The van der Waals surface area contributed by atoms with Crippen LogP contribution in [0.3, 0.4) is 0 Å². The molecule has 0 radical (unpaired) electrons. The van der Waals surface area contributed by atoms with E-state index in [9.17, 15) is 4.79 Å². The predicted molar refractivity (Wildman–Crippen MR) is 47.4 cm³/mol. The Morgan fingerprint density at radius 2 is 2.00 bits per heavy atom. The first-order chi connectivity index (χ1) is 6.15. The Morgan fingerprint density at radius 1 is 1.46 bits per heavy atom. The van der Waals surface area contributed by atoms with Crippen LogP contribution in [0.25, 0.3) is 0 Å². The largest absolute Gasteiger partial charge is 0.465 e. The second-order valence-electron chi connectivity index (χ2n) is 2.97. The van der Waals surface area contributed by atoms with Crippen molar-refractivity contribution < 1.29 is 15.1 Å². The van der Waals surface area contributed by atoms with Gasteiger partial charge in [0.25, 0.3) is 0 Å². The fourth-order valence-corrected chi connectivity index (χ4v) is 1.61. The molecule has 1 aliphatic heterocycles. The molecule has 1 rings (SSSR count). The van der Waals surface area contributed by atoms with Gasteiger partial charge in [0.15, 0.2) is 0 Å². The van der Waals surface area contributed by atoms with Gasteiger partial charge < -0.3 is 15.2 Å². The highest BCUT2D eigenvalue weighted by atomic mass is 35.5. The summed E-state index contributed by atoms with van der Waals surface area (Å²) >= 11 is 5.61. The highest BCUT2D eigenvalue weighted by Gasteiger charge is 2.24. The summed E-state index contributed by atoms with van der Waals surface area (Å²) in [5.74, 6) is 0.00210. The first-order valence-electron chi connectivity index (χ1n) is 4.00. The number of nitrogens with zero attached hydrogens (tertiary/aromatic N) is 2. The monoisotopic (exact) mass is 206 g/mol. The zero-order chi connectivity index (χ0) is 9.84. The van der Waals surface area contributed by atoms with Gasteiger partial charge in [-0.15, -0.1) is 0 Å². The van der Waals surface area contributed by atoms with Crippen molar-refractivity contribution in [3.8, 4) is 0 Å². The molecule has 0 aromatic heterocycles. The first kappa shape index (κ1) is 10.1. The Labute approximate surface area is 80.6 Å². The summed E-state index contributed by atoms with van der Waals surface area (Å²) in [6.45, 7) is 0.900. The zero-order valence-corrected chi connectivity index (χ0v) is 7.74. The molecule has 1 aliphatic rings. The average Bonchev–Trinajstić information content (AvgIpc) is 2.17. The van der Waals surface area contributed by atoms with Gasteiger partial charge in [-0.1, -0.05) is 16.8 Å². The third-order valence-corrected chi connectivity index (χ3v) is 2.58. The SMILES string of the molecule is O=C(O)N1CCC(/C(Cl)=N/O)CC1. The minimum atomic E-state index is -0.907. The maximum Gasteiger partial charge on any atom is 0.407 e. The topological polar surface area (TPSA) is 73.1 Å². The van der Waals surface area contributed by atoms with E-state index in [1.165, 1.54) is 4.90 Å². The number of carbonyl (C=O) groups is 1. The van der Waals surface area contributed by atoms with Gasteiger partial charge in [-0.2, -0.15) is 0 Å². The summed E-state index contributed by atoms with van der Waals surface area (Å²) in [7, 11) is 0. The molecule has 2 N–H and O–H groups in total. The van der Waals surface area contributed by atoms with E-state index in [0.717, 1.165) is 0 Å². The third-order valence-electron chi connectivity index (χ3n) is 2.20. The molecule has 74 valence electrons. The molecule has 1 saturated heterocycles. The maximum absolute atomic E-state index is 10.5. The number of likely N-dealkylation sites (tertiary alicyclic amines) is 1. The van der Waals surface area contributed by atoms with Gasteiger partial charge in [-0.05, 0) is 12.8 Å². The van der Waals surface area contributed by atoms with E-state index in [1.54, 1.807) is 0 Å². The Morgan fingerprint density at radius 3 is 2.38 bits per heavy atom. The standard InChI is InChI=1S/C7H11ClN2O3/c8-6(9-13)5-1-3-10(4-2-5)7(11)12/h5,13H,1-4H2,(H,11,12)/b9-6-. The third kappa shape index (κ3) is 2.48. The number of piperidine rings is 1. The van der Waals surface area contributed by atoms with E-state index in [1.807, 2.05) is 0 Å². The average molecular weight is 207 g/mol. The second kappa shape index (κ2) is 4.32. The van der Waals surface area contributed by atoms with E-state index < -0.39 is 6.09 Å². The lowest BCUT2D eigenvalue weighted by molar-refractivity contribution is 0.131. The number of halogens is 1. The molecular formula is C7H11ClN2O3. The quantitative estimate of drug-likeness (QED) is 0.387. The van der Waals surface area contributed by atoms with Crippen LogP contribution < -0.4 is 0 Å². The van der Waals surface area contributed by atoms with Crippen molar-refractivity contribution in [3.63, 3.8) is 0 Å². The van der Waals surface area contributed by atoms with Gasteiger partial charge in [0.2, 0.25) is 0 Å². The molecule has 5 nitrogen and oxygen atoms in total. The van der Waals surface area contributed by atoms with Crippen LogP contribution in [0.5, 0.6) is 0 Å². The van der Waals surface area contributed by atoms with Crippen LogP contribution in [-0.2, 0) is 0 Å². The molecule has 0 bridgehead atoms. The minimum absolute atomic E-state index is 0.00210. The summed E-state index contributed by atoms with van der Waals surface area (Å²) in [4.78, 5) is 11.8. The van der Waals surface area contributed by atoms with Crippen molar-refractivity contribution >= 4 is 22.9 Å². The van der Waals surface area contributed by atoms with E-state index in [0.29, 0.717) is 25.9 Å². The van der Waals surface area contributed by atoms with Crippen molar-refractivity contribution in [2.75, 3.05) is 13.1 Å². The van der Waals surface area contributed by atoms with Crippen LogP contribution in [0, 0.1) is 5.92 Å². The highest BCUT2D eigenvalue weighted by molar-refractivity contribution is 6.65. The molecule has 0 spiro atoms. The lowest BCUT2D eigenvalue weighted by Crippen LogP contribution is -2.38. The fourth-order valence-electron chi connectivity index (χ4n) is 1.39. The Bertz CT molecular complexity index is 224. The summed E-state index contributed by atoms with van der Waals surface area (Å²) in [6, 6.07) is 0. The number of hydrogen-bond acceptors (Lipinski definition) is 3. The van der Waals surface area contributed by atoms with Crippen molar-refractivity contribution in [1.82, 2.24) is 4.90 Å². The molecule has 6 heteroatoms. The van der Waals surface area contributed by atoms with Crippen LogP contribution >= 0.6 is 11.6 Å². The lowest BCUT2D eigenvalue weighted by atomic mass is 9.98. The number of oxime groups is 1. The Hall–Kier alpha value is -0.970.